The van der Waals surface area contributed by atoms with Crippen molar-refractivity contribution in [3.05, 3.63) is 0 Å². The summed E-state index contributed by atoms with van der Waals surface area (Å²) in [4.78, 5) is 0. The van der Waals surface area contributed by atoms with Crippen LogP contribution in [0.15, 0.2) is 0 Å². The minimum absolute atomic E-state index is 0.374. The summed E-state index contributed by atoms with van der Waals surface area (Å²) in [6, 6.07) is 0.591. The highest BCUT2D eigenvalue weighted by molar-refractivity contribution is 4.82. The molecule has 0 spiro atoms. The average Bonchev–Trinajstić information content (AvgIpc) is 2.38. The molecule has 2 aliphatic carbocycles. The molecule has 0 aromatic carbocycles. The van der Waals surface area contributed by atoms with E-state index in [1.54, 1.807) is 0 Å². The Morgan fingerprint density at radius 2 is 1.71 bits per heavy atom. The van der Waals surface area contributed by atoms with Crippen LogP contribution in [0.2, 0.25) is 0 Å². The molecule has 0 bridgehead atoms. The monoisotopic (exact) mass is 239 g/mol. The van der Waals surface area contributed by atoms with Gasteiger partial charge in [-0.1, -0.05) is 32.6 Å². The molecule has 0 aliphatic heterocycles. The van der Waals surface area contributed by atoms with Crippen molar-refractivity contribution in [2.45, 2.75) is 64.3 Å². The van der Waals surface area contributed by atoms with Crippen LogP contribution in [-0.4, -0.2) is 24.3 Å². The van der Waals surface area contributed by atoms with E-state index in [0.717, 1.165) is 11.8 Å². The molecule has 2 unspecified atom stereocenters. The molecule has 0 radical (unpaired) electrons. The quantitative estimate of drug-likeness (QED) is 0.790. The maximum Gasteiger partial charge on any atom is 0.0474 e. The predicted octanol–water partition coefficient (Wildman–Crippen LogP) is 2.95. The Morgan fingerprint density at radius 3 is 2.41 bits per heavy atom. The second-order valence-corrected chi connectivity index (χ2v) is 6.37. The van der Waals surface area contributed by atoms with E-state index in [0.29, 0.717) is 18.6 Å². The van der Waals surface area contributed by atoms with Gasteiger partial charge in [0.15, 0.2) is 0 Å². The summed E-state index contributed by atoms with van der Waals surface area (Å²) in [6.45, 7) is 3.94. The van der Waals surface area contributed by atoms with Gasteiger partial charge in [0, 0.05) is 12.6 Å². The van der Waals surface area contributed by atoms with E-state index in [1.165, 1.54) is 57.9 Å². The molecule has 0 aromatic heterocycles. The van der Waals surface area contributed by atoms with Gasteiger partial charge >= 0.3 is 0 Å². The number of hydrogen-bond donors (Lipinski definition) is 2. The standard InChI is InChI=1S/C15H29NO/c1-12-6-8-13(9-7-12)10-16-15-5-3-2-4-14(15)11-17/h12-17H,2-11H2,1H3. The first-order valence-corrected chi connectivity index (χ1v) is 7.64. The van der Waals surface area contributed by atoms with Crippen molar-refractivity contribution >= 4 is 0 Å². The van der Waals surface area contributed by atoms with Crippen molar-refractivity contribution < 1.29 is 5.11 Å². The number of rotatable bonds is 4. The second-order valence-electron chi connectivity index (χ2n) is 6.37. The third-order valence-corrected chi connectivity index (χ3v) is 4.95. The molecule has 2 nitrogen and oxygen atoms in total. The summed E-state index contributed by atoms with van der Waals surface area (Å²) in [6.07, 6.45) is 10.8. The molecule has 2 N–H and O–H groups in total. The van der Waals surface area contributed by atoms with Crippen LogP contribution >= 0.6 is 0 Å². The van der Waals surface area contributed by atoms with Crippen LogP contribution in [0, 0.1) is 17.8 Å². The van der Waals surface area contributed by atoms with Gasteiger partial charge in [0.25, 0.3) is 0 Å². The fourth-order valence-corrected chi connectivity index (χ4v) is 3.55. The average molecular weight is 239 g/mol. The van der Waals surface area contributed by atoms with Crippen molar-refractivity contribution in [2.75, 3.05) is 13.2 Å². The van der Waals surface area contributed by atoms with E-state index in [9.17, 15) is 5.11 Å². The molecule has 2 atom stereocenters. The minimum atomic E-state index is 0.374. The van der Waals surface area contributed by atoms with Crippen LogP contribution in [0.4, 0.5) is 0 Å². The van der Waals surface area contributed by atoms with Gasteiger partial charge in [0.1, 0.15) is 0 Å². The fraction of sp³-hybridized carbons (Fsp3) is 1.00. The topological polar surface area (TPSA) is 32.3 Å². The Balaban J connectivity index is 1.69. The Bertz CT molecular complexity index is 211. The number of aliphatic hydroxyl groups is 1. The fourth-order valence-electron chi connectivity index (χ4n) is 3.55. The first-order chi connectivity index (χ1) is 8.29. The van der Waals surface area contributed by atoms with Gasteiger partial charge < -0.3 is 10.4 Å². The van der Waals surface area contributed by atoms with Crippen LogP contribution in [0.3, 0.4) is 0 Å². The number of aliphatic hydroxyl groups excluding tert-OH is 1. The van der Waals surface area contributed by atoms with E-state index < -0.39 is 0 Å². The first kappa shape index (κ1) is 13.4. The maximum absolute atomic E-state index is 9.39. The summed E-state index contributed by atoms with van der Waals surface area (Å²) >= 11 is 0. The molecule has 0 aromatic rings. The number of hydrogen-bond acceptors (Lipinski definition) is 2. The first-order valence-electron chi connectivity index (χ1n) is 7.64. The molecule has 0 amide bonds. The van der Waals surface area contributed by atoms with Crippen molar-refractivity contribution in [2.24, 2.45) is 17.8 Å². The molecule has 17 heavy (non-hydrogen) atoms. The van der Waals surface area contributed by atoms with Crippen molar-refractivity contribution in [3.8, 4) is 0 Å². The van der Waals surface area contributed by atoms with E-state index in [1.807, 2.05) is 0 Å². The van der Waals surface area contributed by atoms with E-state index in [2.05, 4.69) is 12.2 Å². The number of nitrogens with one attached hydrogen (secondary N) is 1. The lowest BCUT2D eigenvalue weighted by molar-refractivity contribution is 0.146. The summed E-state index contributed by atoms with van der Waals surface area (Å²) < 4.78 is 0. The molecule has 2 aliphatic rings. The zero-order valence-corrected chi connectivity index (χ0v) is 11.3. The molecule has 2 heteroatoms. The Kier molecular flexibility index (Phi) is 5.30. The molecule has 100 valence electrons. The highest BCUT2D eigenvalue weighted by atomic mass is 16.3. The molecular weight excluding hydrogens is 210 g/mol. The summed E-state index contributed by atoms with van der Waals surface area (Å²) in [5, 5.41) is 13.1. The van der Waals surface area contributed by atoms with Gasteiger partial charge in [0.05, 0.1) is 0 Å². The van der Waals surface area contributed by atoms with Gasteiger partial charge in [-0.05, 0) is 50.0 Å². The third-order valence-electron chi connectivity index (χ3n) is 4.95. The van der Waals surface area contributed by atoms with Crippen LogP contribution in [0.1, 0.15) is 58.3 Å². The Labute approximate surface area is 106 Å². The van der Waals surface area contributed by atoms with E-state index in [-0.39, 0.29) is 0 Å². The third kappa shape index (κ3) is 3.96. The molecule has 2 rings (SSSR count). The maximum atomic E-state index is 9.39. The van der Waals surface area contributed by atoms with Crippen LogP contribution < -0.4 is 5.32 Å². The lowest BCUT2D eigenvalue weighted by Gasteiger charge is -2.33. The zero-order chi connectivity index (χ0) is 12.1. The second kappa shape index (κ2) is 6.75. The smallest absolute Gasteiger partial charge is 0.0474 e. The summed E-state index contributed by atoms with van der Waals surface area (Å²) in [7, 11) is 0. The van der Waals surface area contributed by atoms with E-state index >= 15 is 0 Å². The lowest BCUT2D eigenvalue weighted by atomic mass is 9.81. The van der Waals surface area contributed by atoms with Gasteiger partial charge in [-0.15, -0.1) is 0 Å². The normalized spacial score (nSPS) is 39.2. The highest BCUT2D eigenvalue weighted by Crippen LogP contribution is 2.29. The van der Waals surface area contributed by atoms with Gasteiger partial charge in [-0.3, -0.25) is 0 Å². The van der Waals surface area contributed by atoms with Gasteiger partial charge in [-0.2, -0.15) is 0 Å². The Morgan fingerprint density at radius 1 is 1.00 bits per heavy atom. The van der Waals surface area contributed by atoms with Crippen LogP contribution in [0.5, 0.6) is 0 Å². The summed E-state index contributed by atoms with van der Waals surface area (Å²) in [5.41, 5.74) is 0. The lowest BCUT2D eigenvalue weighted by Crippen LogP contribution is -2.42. The van der Waals surface area contributed by atoms with Crippen molar-refractivity contribution in [3.63, 3.8) is 0 Å². The van der Waals surface area contributed by atoms with Gasteiger partial charge in [0.2, 0.25) is 0 Å². The zero-order valence-electron chi connectivity index (χ0n) is 11.3. The van der Waals surface area contributed by atoms with Crippen molar-refractivity contribution in [1.82, 2.24) is 5.32 Å². The summed E-state index contributed by atoms with van der Waals surface area (Å²) in [5.74, 6) is 2.37. The molecule has 0 heterocycles. The molecule has 2 saturated carbocycles. The van der Waals surface area contributed by atoms with Crippen molar-refractivity contribution in [1.29, 1.82) is 0 Å². The van der Waals surface area contributed by atoms with E-state index in [4.69, 9.17) is 0 Å². The molecule has 0 saturated heterocycles. The molecule has 2 fully saturated rings. The predicted molar refractivity (Wildman–Crippen MR) is 72.0 cm³/mol. The Hall–Kier alpha value is -0.0800. The van der Waals surface area contributed by atoms with Crippen LogP contribution in [0.25, 0.3) is 0 Å². The highest BCUT2D eigenvalue weighted by Gasteiger charge is 2.25. The minimum Gasteiger partial charge on any atom is -0.396 e. The van der Waals surface area contributed by atoms with Crippen LogP contribution in [-0.2, 0) is 0 Å². The SMILES string of the molecule is CC1CCC(CNC2CCCCC2CO)CC1. The van der Waals surface area contributed by atoms with Gasteiger partial charge in [-0.25, -0.2) is 0 Å². The largest absolute Gasteiger partial charge is 0.396 e. The molecular formula is C15H29NO.